The number of carboxylic acid groups (broad SMARTS) is 1. The van der Waals surface area contributed by atoms with Crippen molar-refractivity contribution >= 4 is 77.2 Å². The monoisotopic (exact) mass is 580 g/mol. The molecule has 0 radical (unpaired) electrons. The van der Waals surface area contributed by atoms with E-state index in [0.717, 1.165) is 19.8 Å². The summed E-state index contributed by atoms with van der Waals surface area (Å²) in [7, 11) is 0. The number of hydrogen-bond acceptors (Lipinski definition) is 5. The van der Waals surface area contributed by atoms with E-state index in [-0.39, 0.29) is 5.56 Å². The highest BCUT2D eigenvalue weighted by Gasteiger charge is 2.15. The summed E-state index contributed by atoms with van der Waals surface area (Å²) in [5, 5.41) is 10.2. The quantitative estimate of drug-likeness (QED) is 0.295. The summed E-state index contributed by atoms with van der Waals surface area (Å²) in [5.41, 5.74) is 0.928. The summed E-state index contributed by atoms with van der Waals surface area (Å²) in [5.74, 6) is -1.68. The summed E-state index contributed by atoms with van der Waals surface area (Å²) < 4.78 is 6.54. The molecule has 10 heteroatoms. The first kappa shape index (κ1) is 23.9. The number of H-pyrrole nitrogens is 1. The molecule has 164 valence electrons. The van der Waals surface area contributed by atoms with E-state index < -0.39 is 17.4 Å². The second-order valence-corrected chi connectivity index (χ2v) is 8.60. The minimum atomic E-state index is -1.22. The zero-order chi connectivity index (χ0) is 23.4. The number of rotatable bonds is 3. The number of fused-ring (bicyclic) bond motifs is 2. The van der Waals surface area contributed by atoms with Gasteiger partial charge >= 0.3 is 11.9 Å². The number of halogens is 3. The van der Waals surface area contributed by atoms with E-state index >= 15 is 0 Å². The number of nitrogens with zero attached hydrogens (tertiary/aromatic N) is 1. The molecule has 0 atom stereocenters. The topological polar surface area (TPSA) is 109 Å². The molecule has 2 N–H and O–H groups in total. The maximum absolute atomic E-state index is 11.7. The van der Waals surface area contributed by atoms with E-state index in [2.05, 4.69) is 41.8 Å². The second-order valence-electron chi connectivity index (χ2n) is 6.39. The third kappa shape index (κ3) is 5.17. The third-order valence-electron chi connectivity index (χ3n) is 4.33. The highest BCUT2D eigenvalue weighted by atomic mass is 79.9. The Morgan fingerprint density at radius 1 is 1.09 bits per heavy atom. The Balaban J connectivity index is 0.000000182. The van der Waals surface area contributed by atoms with Gasteiger partial charge in [-0.3, -0.25) is 9.78 Å². The lowest BCUT2D eigenvalue weighted by molar-refractivity contribution is 0.0525. The van der Waals surface area contributed by atoms with Crippen molar-refractivity contribution in [2.75, 3.05) is 6.61 Å². The highest BCUT2D eigenvalue weighted by Crippen LogP contribution is 2.28. The molecular formula is C22H15Br2ClN2O5. The number of ether oxygens (including phenoxy) is 1. The lowest BCUT2D eigenvalue weighted by Gasteiger charge is -2.06. The highest BCUT2D eigenvalue weighted by molar-refractivity contribution is 9.10. The number of hydrogen-bond donors (Lipinski definition) is 2. The average Bonchev–Trinajstić information content (AvgIpc) is 2.75. The van der Waals surface area contributed by atoms with Gasteiger partial charge in [-0.05, 0) is 43.3 Å². The number of esters is 1. The van der Waals surface area contributed by atoms with Gasteiger partial charge in [-0.15, -0.1) is 0 Å². The van der Waals surface area contributed by atoms with Gasteiger partial charge in [0.25, 0.3) is 0 Å². The van der Waals surface area contributed by atoms with Crippen molar-refractivity contribution in [3.05, 3.63) is 84.1 Å². The number of carboxylic acids is 1. The van der Waals surface area contributed by atoms with Crippen molar-refractivity contribution in [2.45, 2.75) is 6.92 Å². The zero-order valence-electron chi connectivity index (χ0n) is 16.5. The van der Waals surface area contributed by atoms with Gasteiger partial charge in [0.1, 0.15) is 5.56 Å². The van der Waals surface area contributed by atoms with Gasteiger partial charge < -0.3 is 14.8 Å². The molecule has 0 aliphatic carbocycles. The molecule has 0 bridgehead atoms. The lowest BCUT2D eigenvalue weighted by Crippen LogP contribution is -2.15. The van der Waals surface area contributed by atoms with Crippen molar-refractivity contribution < 1.29 is 19.4 Å². The van der Waals surface area contributed by atoms with Crippen LogP contribution in [0.25, 0.3) is 21.8 Å². The predicted octanol–water partition coefficient (Wildman–Crippen LogP) is 5.82. The maximum Gasteiger partial charge on any atom is 0.341 e. The number of carbonyl (C=O) groups is 2. The number of nitrogens with one attached hydrogen (secondary N) is 1. The van der Waals surface area contributed by atoms with Crippen LogP contribution in [0, 0.1) is 0 Å². The van der Waals surface area contributed by atoms with E-state index in [1.165, 1.54) is 12.4 Å². The van der Waals surface area contributed by atoms with Crippen molar-refractivity contribution in [3.8, 4) is 0 Å². The Hall–Kier alpha value is -2.75. The van der Waals surface area contributed by atoms with Gasteiger partial charge in [-0.1, -0.05) is 43.5 Å². The van der Waals surface area contributed by atoms with Gasteiger partial charge in [0.05, 0.1) is 22.7 Å². The van der Waals surface area contributed by atoms with Crippen LogP contribution in [0.1, 0.15) is 27.6 Å². The van der Waals surface area contributed by atoms with Crippen LogP contribution in [0.15, 0.2) is 62.5 Å². The molecule has 0 aliphatic rings. The van der Waals surface area contributed by atoms with Gasteiger partial charge in [0.15, 0.2) is 0 Å². The Morgan fingerprint density at radius 2 is 1.75 bits per heavy atom. The SMILES string of the molecule is CCOC(=O)c1cnc2ccc(Br)cc2c1Cl.O=C(O)c1c[nH]c2ccc(Br)cc2c1=O. The van der Waals surface area contributed by atoms with Crippen LogP contribution >= 0.6 is 43.5 Å². The zero-order valence-corrected chi connectivity index (χ0v) is 20.4. The van der Waals surface area contributed by atoms with Crippen molar-refractivity contribution in [1.29, 1.82) is 0 Å². The molecule has 0 saturated heterocycles. The Morgan fingerprint density at radius 3 is 2.41 bits per heavy atom. The molecular weight excluding hydrogens is 568 g/mol. The van der Waals surface area contributed by atoms with Crippen LogP contribution in [-0.4, -0.2) is 33.6 Å². The molecule has 2 aromatic heterocycles. The van der Waals surface area contributed by atoms with Crippen LogP contribution in [-0.2, 0) is 4.74 Å². The predicted molar refractivity (Wildman–Crippen MR) is 130 cm³/mol. The second kappa shape index (κ2) is 10.2. The lowest BCUT2D eigenvalue weighted by atomic mass is 10.1. The van der Waals surface area contributed by atoms with E-state index in [9.17, 15) is 14.4 Å². The Kier molecular flexibility index (Phi) is 7.65. The van der Waals surface area contributed by atoms with Crippen LogP contribution in [0.5, 0.6) is 0 Å². The number of carbonyl (C=O) groups excluding carboxylic acids is 1. The number of aromatic amines is 1. The Labute approximate surface area is 203 Å². The van der Waals surface area contributed by atoms with Gasteiger partial charge in [0, 0.05) is 37.6 Å². The fraction of sp³-hybridized carbons (Fsp3) is 0.0909. The minimum absolute atomic E-state index is 0.249. The summed E-state index contributed by atoms with van der Waals surface area (Å²) in [6, 6.07) is 10.6. The van der Waals surface area contributed by atoms with Gasteiger partial charge in [-0.2, -0.15) is 0 Å². The molecule has 0 spiro atoms. The average molecular weight is 583 g/mol. The number of aromatic carboxylic acids is 1. The first-order chi connectivity index (χ1) is 15.2. The van der Waals surface area contributed by atoms with Crippen LogP contribution in [0.2, 0.25) is 5.02 Å². The van der Waals surface area contributed by atoms with Crippen LogP contribution < -0.4 is 5.43 Å². The molecule has 2 heterocycles. The number of aromatic nitrogens is 2. The van der Waals surface area contributed by atoms with E-state index in [1.54, 1.807) is 25.1 Å². The molecule has 0 saturated carbocycles. The van der Waals surface area contributed by atoms with E-state index in [0.29, 0.717) is 28.1 Å². The molecule has 0 fully saturated rings. The largest absolute Gasteiger partial charge is 0.477 e. The van der Waals surface area contributed by atoms with Crippen molar-refractivity contribution in [1.82, 2.24) is 9.97 Å². The fourth-order valence-corrected chi connectivity index (χ4v) is 3.83. The first-order valence-corrected chi connectivity index (χ1v) is 11.1. The minimum Gasteiger partial charge on any atom is -0.477 e. The Bertz CT molecular complexity index is 1400. The fourth-order valence-electron chi connectivity index (χ4n) is 2.83. The maximum atomic E-state index is 11.7. The molecule has 4 rings (SSSR count). The molecule has 0 aliphatic heterocycles. The first-order valence-electron chi connectivity index (χ1n) is 9.18. The summed E-state index contributed by atoms with van der Waals surface area (Å²) in [4.78, 5) is 41.0. The summed E-state index contributed by atoms with van der Waals surface area (Å²) in [6.45, 7) is 2.06. The molecule has 7 nitrogen and oxygen atoms in total. The van der Waals surface area contributed by atoms with Crippen molar-refractivity contribution in [2.24, 2.45) is 0 Å². The molecule has 0 unspecified atom stereocenters. The molecule has 4 aromatic rings. The van der Waals surface area contributed by atoms with Gasteiger partial charge in [0.2, 0.25) is 5.43 Å². The van der Waals surface area contributed by atoms with Crippen molar-refractivity contribution in [3.63, 3.8) is 0 Å². The molecule has 2 aromatic carbocycles. The summed E-state index contributed by atoms with van der Waals surface area (Å²) >= 11 is 12.8. The van der Waals surface area contributed by atoms with Gasteiger partial charge in [-0.25, -0.2) is 9.59 Å². The number of pyridine rings is 2. The van der Waals surface area contributed by atoms with E-state index in [4.69, 9.17) is 21.4 Å². The summed E-state index contributed by atoms with van der Waals surface area (Å²) in [6.07, 6.45) is 2.65. The molecule has 0 amide bonds. The smallest absolute Gasteiger partial charge is 0.341 e. The third-order valence-corrected chi connectivity index (χ3v) is 5.73. The van der Waals surface area contributed by atoms with E-state index in [1.807, 2.05) is 18.2 Å². The molecule has 32 heavy (non-hydrogen) atoms. The number of benzene rings is 2. The normalized spacial score (nSPS) is 10.5. The standard InChI is InChI=1S/C12H9BrClNO2.C10H6BrNO3/c1-2-17-12(16)9-6-15-10-4-3-7(13)5-8(10)11(9)14;11-5-1-2-8-6(3-5)9(13)7(4-12-8)10(14)15/h3-6H,2H2,1H3;1-4H,(H,12,13)(H,14,15). The van der Waals surface area contributed by atoms with Crippen LogP contribution in [0.3, 0.4) is 0 Å². The van der Waals surface area contributed by atoms with Crippen LogP contribution in [0.4, 0.5) is 0 Å².